The molecule has 2 aliphatic rings. The van der Waals surface area contributed by atoms with Crippen molar-refractivity contribution in [2.45, 2.75) is 107 Å². The Bertz CT molecular complexity index is 1430. The van der Waals surface area contributed by atoms with Crippen molar-refractivity contribution >= 4 is 35.4 Å². The lowest BCUT2D eigenvalue weighted by Crippen LogP contribution is -2.60. The molecule has 2 aliphatic heterocycles. The fourth-order valence-electron chi connectivity index (χ4n) is 6.87. The lowest BCUT2D eigenvalue weighted by Gasteiger charge is -2.37. The van der Waals surface area contributed by atoms with Gasteiger partial charge in [-0.05, 0) is 49.7 Å². The van der Waals surface area contributed by atoms with Crippen molar-refractivity contribution < 1.29 is 28.8 Å². The second-order valence-electron chi connectivity index (χ2n) is 13.3. The van der Waals surface area contributed by atoms with Crippen molar-refractivity contribution in [1.82, 2.24) is 20.4 Å². The third kappa shape index (κ3) is 10.9. The Hall–Kier alpha value is -4.78. The van der Waals surface area contributed by atoms with E-state index in [9.17, 15) is 28.8 Å². The number of benzene rings is 2. The molecule has 0 saturated carbocycles. The highest BCUT2D eigenvalue weighted by atomic mass is 16.2. The summed E-state index contributed by atoms with van der Waals surface area (Å²) < 4.78 is 0. The molecule has 2 fully saturated rings. The van der Waals surface area contributed by atoms with Gasteiger partial charge in [-0.15, -0.1) is 0 Å². The zero-order valence-electron chi connectivity index (χ0n) is 28.6. The number of carbonyl (C=O) groups excluding carboxylic acids is 6. The van der Waals surface area contributed by atoms with E-state index in [1.165, 1.54) is 4.90 Å². The molecule has 2 saturated heterocycles. The van der Waals surface area contributed by atoms with Crippen LogP contribution in [0.1, 0.15) is 94.2 Å². The SMILES string of the molecule is NC(=O)CCCCCCCC(=O)N1CC[C@H]2CC[C@@H](C(=O)N[C@@H](CCC(N)=O)C(=O)NC(c3ccccc3)c3ccccc3)N2C(=O)[C@@H](N)C1. The van der Waals surface area contributed by atoms with E-state index in [2.05, 4.69) is 10.6 Å². The van der Waals surface area contributed by atoms with E-state index in [0.717, 1.165) is 36.8 Å². The van der Waals surface area contributed by atoms with E-state index in [1.807, 2.05) is 60.7 Å². The first-order valence-electron chi connectivity index (χ1n) is 17.7. The fraction of sp³-hybridized carbons (Fsp3) is 0.514. The van der Waals surface area contributed by atoms with Gasteiger partial charge in [0.05, 0.1) is 6.04 Å². The van der Waals surface area contributed by atoms with Crippen LogP contribution in [0, 0.1) is 0 Å². The first kappa shape index (κ1) is 38.0. The summed E-state index contributed by atoms with van der Waals surface area (Å²) in [4.78, 5) is 80.2. The van der Waals surface area contributed by atoms with Gasteiger partial charge in [-0.25, -0.2) is 0 Å². The van der Waals surface area contributed by atoms with Gasteiger partial charge < -0.3 is 37.6 Å². The molecule has 8 N–H and O–H groups in total. The number of hydrogen-bond acceptors (Lipinski definition) is 7. The Morgan fingerprint density at radius 1 is 0.740 bits per heavy atom. The van der Waals surface area contributed by atoms with Gasteiger partial charge >= 0.3 is 0 Å². The van der Waals surface area contributed by atoms with E-state index >= 15 is 0 Å². The van der Waals surface area contributed by atoms with E-state index in [4.69, 9.17) is 17.2 Å². The summed E-state index contributed by atoms with van der Waals surface area (Å²) >= 11 is 0. The van der Waals surface area contributed by atoms with Gasteiger partial charge in [0.2, 0.25) is 35.4 Å². The zero-order chi connectivity index (χ0) is 36.0. The molecule has 0 aliphatic carbocycles. The van der Waals surface area contributed by atoms with Gasteiger partial charge in [-0.1, -0.05) is 79.9 Å². The molecule has 4 rings (SSSR count). The van der Waals surface area contributed by atoms with Crippen LogP contribution in [-0.2, 0) is 28.8 Å². The summed E-state index contributed by atoms with van der Waals surface area (Å²) in [6.07, 6.45) is 6.09. The predicted molar refractivity (Wildman–Crippen MR) is 188 cm³/mol. The van der Waals surface area contributed by atoms with E-state index in [1.54, 1.807) is 4.90 Å². The van der Waals surface area contributed by atoms with Gasteiger partial charge in [0.25, 0.3) is 0 Å². The highest BCUT2D eigenvalue weighted by molar-refractivity contribution is 5.94. The number of nitrogens with zero attached hydrogens (tertiary/aromatic N) is 2. The first-order valence-corrected chi connectivity index (χ1v) is 17.7. The summed E-state index contributed by atoms with van der Waals surface area (Å²) in [6, 6.07) is 15.1. The number of unbranched alkanes of at least 4 members (excludes halogenated alkanes) is 4. The van der Waals surface area contributed by atoms with Crippen LogP contribution in [0.2, 0.25) is 0 Å². The Labute approximate surface area is 293 Å². The van der Waals surface area contributed by atoms with E-state index in [0.29, 0.717) is 45.1 Å². The molecule has 0 spiro atoms. The van der Waals surface area contributed by atoms with Gasteiger partial charge in [-0.3, -0.25) is 28.8 Å². The fourth-order valence-corrected chi connectivity index (χ4v) is 6.87. The number of amides is 6. The normalized spacial score (nSPS) is 19.6. The van der Waals surface area contributed by atoms with Crippen molar-refractivity contribution in [3.8, 4) is 0 Å². The van der Waals surface area contributed by atoms with Crippen molar-refractivity contribution in [3.63, 3.8) is 0 Å². The molecule has 6 amide bonds. The Morgan fingerprint density at radius 2 is 1.32 bits per heavy atom. The second-order valence-corrected chi connectivity index (χ2v) is 13.3. The van der Waals surface area contributed by atoms with Gasteiger partial charge in [-0.2, -0.15) is 0 Å². The Morgan fingerprint density at radius 3 is 1.92 bits per heavy atom. The van der Waals surface area contributed by atoms with Gasteiger partial charge in [0.1, 0.15) is 18.1 Å². The molecule has 0 bridgehead atoms. The van der Waals surface area contributed by atoms with Crippen molar-refractivity contribution in [2.75, 3.05) is 13.1 Å². The molecule has 270 valence electrons. The summed E-state index contributed by atoms with van der Waals surface area (Å²) in [7, 11) is 0. The molecule has 50 heavy (non-hydrogen) atoms. The zero-order valence-corrected chi connectivity index (χ0v) is 28.6. The van der Waals surface area contributed by atoms with Gasteiger partial charge in [0, 0.05) is 38.4 Å². The van der Waals surface area contributed by atoms with Crippen LogP contribution >= 0.6 is 0 Å². The Balaban J connectivity index is 1.39. The third-order valence-electron chi connectivity index (χ3n) is 9.56. The maximum absolute atomic E-state index is 13.8. The molecule has 0 radical (unpaired) electrons. The second kappa shape index (κ2) is 18.8. The molecule has 4 atom stereocenters. The molecule has 2 aromatic carbocycles. The molecular formula is C37H51N7O6. The quantitative estimate of drug-likeness (QED) is 0.155. The molecule has 0 aromatic heterocycles. The number of rotatable bonds is 17. The number of hydrogen-bond donors (Lipinski definition) is 5. The first-order chi connectivity index (χ1) is 24.0. The lowest BCUT2D eigenvalue weighted by molar-refractivity contribution is -0.145. The summed E-state index contributed by atoms with van der Waals surface area (Å²) in [5.41, 5.74) is 18.6. The van der Waals surface area contributed by atoms with Crippen LogP contribution in [0.15, 0.2) is 60.7 Å². The molecular weight excluding hydrogens is 638 g/mol. The number of nitrogens with one attached hydrogen (secondary N) is 2. The molecule has 13 heteroatoms. The average molecular weight is 690 g/mol. The van der Waals surface area contributed by atoms with Crippen molar-refractivity contribution in [1.29, 1.82) is 0 Å². The lowest BCUT2D eigenvalue weighted by atomic mass is 9.98. The van der Waals surface area contributed by atoms with E-state index < -0.39 is 47.8 Å². The van der Waals surface area contributed by atoms with Crippen LogP contribution in [-0.4, -0.2) is 82.5 Å². The molecule has 0 unspecified atom stereocenters. The third-order valence-corrected chi connectivity index (χ3v) is 9.56. The van der Waals surface area contributed by atoms with E-state index in [-0.39, 0.29) is 37.2 Å². The average Bonchev–Trinajstić information content (AvgIpc) is 3.53. The van der Waals surface area contributed by atoms with Crippen LogP contribution in [0.3, 0.4) is 0 Å². The minimum absolute atomic E-state index is 0.0166. The topological polar surface area (TPSA) is 211 Å². The number of fused-ring (bicyclic) bond motifs is 1. The number of nitrogens with two attached hydrogens (primary N) is 3. The predicted octanol–water partition coefficient (Wildman–Crippen LogP) is 1.78. The minimum atomic E-state index is -1.08. The molecule has 2 aromatic rings. The van der Waals surface area contributed by atoms with Gasteiger partial charge in [0.15, 0.2) is 0 Å². The standard InChI is InChI=1S/C37H51N7O6/c38-28-24-43(33(47)17-11-3-1-2-10-16-31(39)45)23-22-27-18-20-30(44(27)37(28)50)36(49)41-29(19-21-32(40)46)35(48)42-34(25-12-6-4-7-13-25)26-14-8-5-9-15-26/h4-9,12-15,27-30,34H,1-3,10-11,16-24,38H2,(H2,39,45)(H2,40,46)(H,41,49)(H,42,48)/t27-,28+,29+,30+/m1/s1. The van der Waals surface area contributed by atoms with Crippen LogP contribution in [0.4, 0.5) is 0 Å². The van der Waals surface area contributed by atoms with Crippen LogP contribution < -0.4 is 27.8 Å². The number of carbonyl (C=O) groups is 6. The number of primary amides is 2. The van der Waals surface area contributed by atoms with Crippen LogP contribution in [0.5, 0.6) is 0 Å². The molecule has 13 nitrogen and oxygen atoms in total. The van der Waals surface area contributed by atoms with Crippen molar-refractivity contribution in [2.24, 2.45) is 17.2 Å². The maximum Gasteiger partial charge on any atom is 0.243 e. The molecule has 2 heterocycles. The van der Waals surface area contributed by atoms with Crippen LogP contribution in [0.25, 0.3) is 0 Å². The highest BCUT2D eigenvalue weighted by Gasteiger charge is 2.44. The largest absolute Gasteiger partial charge is 0.370 e. The minimum Gasteiger partial charge on any atom is -0.370 e. The summed E-state index contributed by atoms with van der Waals surface area (Å²) in [6.45, 7) is 0.468. The Kier molecular flexibility index (Phi) is 14.3. The monoisotopic (exact) mass is 689 g/mol. The summed E-state index contributed by atoms with van der Waals surface area (Å²) in [5, 5.41) is 5.87. The highest BCUT2D eigenvalue weighted by Crippen LogP contribution is 2.30. The summed E-state index contributed by atoms with van der Waals surface area (Å²) in [5.74, 6) is -2.37. The van der Waals surface area contributed by atoms with Crippen molar-refractivity contribution in [3.05, 3.63) is 71.8 Å². The smallest absolute Gasteiger partial charge is 0.243 e. The maximum atomic E-state index is 13.8.